The van der Waals surface area contributed by atoms with Crippen molar-refractivity contribution >= 4 is 34.8 Å². The van der Waals surface area contributed by atoms with Gasteiger partial charge in [0.05, 0.1) is 12.2 Å². The number of anilines is 1. The number of hydrogen-bond donors (Lipinski definition) is 1. The molecule has 1 N–H and O–H groups in total. The molecule has 0 radical (unpaired) electrons. The van der Waals surface area contributed by atoms with Gasteiger partial charge in [-0.25, -0.2) is 4.79 Å². The third-order valence-electron chi connectivity index (χ3n) is 3.59. The average Bonchev–Trinajstić information content (AvgIpc) is 2.96. The largest absolute Gasteiger partial charge is 0.462 e. The van der Waals surface area contributed by atoms with E-state index in [4.69, 9.17) is 4.74 Å². The maximum absolute atomic E-state index is 12.8. The third-order valence-corrected chi connectivity index (χ3v) is 4.72. The number of thiazole rings is 1. The maximum atomic E-state index is 12.8. The molecule has 0 aliphatic rings. The lowest BCUT2D eigenvalue weighted by Crippen LogP contribution is -2.32. The fourth-order valence-corrected chi connectivity index (χ4v) is 3.39. The highest BCUT2D eigenvalue weighted by molar-refractivity contribution is 7.07. The molecule has 0 fully saturated rings. The molecule has 2 rings (SSSR count). The fraction of sp³-hybridized carbons (Fsp3) is 0.278. The number of aromatic nitrogens is 1. The van der Waals surface area contributed by atoms with E-state index in [1.165, 1.54) is 22.9 Å². The molecule has 0 spiro atoms. The highest BCUT2D eigenvalue weighted by Gasteiger charge is 2.30. The van der Waals surface area contributed by atoms with Crippen molar-refractivity contribution in [3.8, 4) is 6.07 Å². The van der Waals surface area contributed by atoms with Crippen molar-refractivity contribution in [3.63, 3.8) is 0 Å². The number of nitriles is 1. The van der Waals surface area contributed by atoms with E-state index < -0.39 is 23.3 Å². The first-order valence-corrected chi connectivity index (χ1v) is 8.99. The Morgan fingerprint density at radius 2 is 2.11 bits per heavy atom. The first kappa shape index (κ1) is 21.2. The van der Waals surface area contributed by atoms with Crippen LogP contribution in [0.2, 0.25) is 0 Å². The molecule has 0 bridgehead atoms. The number of benzene rings is 1. The number of nitrogens with one attached hydrogen (secondary N) is 1. The van der Waals surface area contributed by atoms with E-state index in [1.807, 2.05) is 0 Å². The van der Waals surface area contributed by atoms with Crippen molar-refractivity contribution in [1.82, 2.24) is 4.57 Å². The summed E-state index contributed by atoms with van der Waals surface area (Å²) in [6, 6.07) is 6.26. The second-order valence-electron chi connectivity index (χ2n) is 5.40. The number of carbonyl (C=O) groups excluding carboxylic acids is 1. The van der Waals surface area contributed by atoms with Crippen molar-refractivity contribution < 1.29 is 22.7 Å². The molecule has 28 heavy (non-hydrogen) atoms. The minimum absolute atomic E-state index is 0.0713. The molecule has 1 aromatic heterocycles. The highest BCUT2D eigenvalue weighted by Crippen LogP contribution is 2.30. The summed E-state index contributed by atoms with van der Waals surface area (Å²) in [5, 5.41) is 11.9. The lowest BCUT2D eigenvalue weighted by Gasteiger charge is -2.08. The van der Waals surface area contributed by atoms with Gasteiger partial charge < -0.3 is 10.1 Å². The van der Waals surface area contributed by atoms with Gasteiger partial charge in [0.15, 0.2) is 5.57 Å². The van der Waals surface area contributed by atoms with Gasteiger partial charge in [-0.1, -0.05) is 6.07 Å². The summed E-state index contributed by atoms with van der Waals surface area (Å²) in [6.45, 7) is 3.53. The molecule has 6 nitrogen and oxygen atoms in total. The zero-order valence-corrected chi connectivity index (χ0v) is 15.8. The van der Waals surface area contributed by atoms with Crippen LogP contribution in [0.5, 0.6) is 0 Å². The summed E-state index contributed by atoms with van der Waals surface area (Å²) < 4.78 is 44.7. The molecule has 0 unspecified atom stereocenters. The highest BCUT2D eigenvalue weighted by atomic mass is 32.1. The molecule has 1 aromatic carbocycles. The summed E-state index contributed by atoms with van der Waals surface area (Å²) in [5.74, 6) is -0.842. The number of esters is 1. The molecule has 0 aliphatic heterocycles. The standard InChI is InChI=1S/C18H16F3N3O3S/c1-3-24-15(25)14(28-16(24)13(9-22)17(26)27-4-2)10-23-12-7-5-6-11(8-12)18(19,20)21/h5-8,10,23H,3-4H2,1-2H3. The molecule has 148 valence electrons. The van der Waals surface area contributed by atoms with Crippen LogP contribution >= 0.6 is 11.3 Å². The lowest BCUT2D eigenvalue weighted by molar-refractivity contribution is -0.137. The van der Waals surface area contributed by atoms with E-state index in [-0.39, 0.29) is 33.6 Å². The molecule has 1 heterocycles. The van der Waals surface area contributed by atoms with Gasteiger partial charge in [0.2, 0.25) is 0 Å². The average molecular weight is 411 g/mol. The van der Waals surface area contributed by atoms with Crippen LogP contribution in [0.25, 0.3) is 11.8 Å². The van der Waals surface area contributed by atoms with Crippen LogP contribution in [0.1, 0.15) is 19.4 Å². The second-order valence-corrected chi connectivity index (χ2v) is 6.43. The molecule has 0 saturated heterocycles. The summed E-state index contributed by atoms with van der Waals surface area (Å²) in [7, 11) is 0. The van der Waals surface area contributed by atoms with Crippen LogP contribution in [0.15, 0.2) is 29.1 Å². The summed E-state index contributed by atoms with van der Waals surface area (Å²) in [4.78, 5) is 24.5. The first-order valence-electron chi connectivity index (χ1n) is 8.18. The molecule has 0 saturated carbocycles. The quantitative estimate of drug-likeness (QED) is 0.762. The molecule has 0 atom stereocenters. The Balaban J connectivity index is 2.54. The van der Waals surface area contributed by atoms with Crippen molar-refractivity contribution in [2.45, 2.75) is 26.6 Å². The Bertz CT molecular complexity index is 1090. The first-order chi connectivity index (χ1) is 13.2. The predicted molar refractivity (Wildman–Crippen MR) is 98.7 cm³/mol. The monoisotopic (exact) mass is 411 g/mol. The minimum atomic E-state index is -4.49. The van der Waals surface area contributed by atoms with Crippen molar-refractivity contribution in [2.24, 2.45) is 0 Å². The zero-order valence-electron chi connectivity index (χ0n) is 15.0. The fourth-order valence-electron chi connectivity index (χ4n) is 2.31. The van der Waals surface area contributed by atoms with Gasteiger partial charge >= 0.3 is 12.1 Å². The number of hydrogen-bond acceptors (Lipinski definition) is 6. The number of halogens is 3. The van der Waals surface area contributed by atoms with Gasteiger partial charge in [0.25, 0.3) is 5.56 Å². The van der Waals surface area contributed by atoms with Crippen molar-refractivity contribution in [1.29, 1.82) is 5.26 Å². The molecular formula is C18H16F3N3O3S. The summed E-state index contributed by atoms with van der Waals surface area (Å²) in [5.41, 5.74) is -1.46. The topological polar surface area (TPSA) is 84.1 Å². The predicted octanol–water partition coefficient (Wildman–Crippen LogP) is 2.04. The van der Waals surface area contributed by atoms with Gasteiger partial charge in [-0.3, -0.25) is 9.36 Å². The Morgan fingerprint density at radius 3 is 2.68 bits per heavy atom. The number of alkyl halides is 3. The number of ether oxygens (including phenoxy) is 1. The van der Waals surface area contributed by atoms with Gasteiger partial charge in [-0.2, -0.15) is 18.4 Å². The second kappa shape index (κ2) is 8.75. The van der Waals surface area contributed by atoms with Gasteiger partial charge in [-0.05, 0) is 32.0 Å². The summed E-state index contributed by atoms with van der Waals surface area (Å²) in [6.07, 6.45) is -3.24. The van der Waals surface area contributed by atoms with Gasteiger partial charge in [0, 0.05) is 18.4 Å². The third kappa shape index (κ3) is 4.61. The summed E-state index contributed by atoms with van der Waals surface area (Å²) >= 11 is 0.876. The molecular weight excluding hydrogens is 395 g/mol. The number of carbonyl (C=O) groups is 1. The lowest BCUT2D eigenvalue weighted by atomic mass is 10.2. The van der Waals surface area contributed by atoms with E-state index in [0.29, 0.717) is 0 Å². The van der Waals surface area contributed by atoms with Gasteiger partial charge in [0.1, 0.15) is 15.3 Å². The van der Waals surface area contributed by atoms with E-state index in [1.54, 1.807) is 19.9 Å². The Labute approximate surface area is 161 Å². The normalized spacial score (nSPS) is 13.1. The van der Waals surface area contributed by atoms with Crippen LogP contribution in [0.3, 0.4) is 0 Å². The van der Waals surface area contributed by atoms with Crippen LogP contribution in [-0.2, 0) is 22.3 Å². The van der Waals surface area contributed by atoms with E-state index >= 15 is 0 Å². The molecule has 0 amide bonds. The zero-order chi connectivity index (χ0) is 20.9. The van der Waals surface area contributed by atoms with E-state index in [2.05, 4.69) is 5.32 Å². The number of rotatable bonds is 5. The van der Waals surface area contributed by atoms with Crippen molar-refractivity contribution in [2.75, 3.05) is 11.9 Å². The van der Waals surface area contributed by atoms with E-state index in [0.717, 1.165) is 23.5 Å². The Hall–Kier alpha value is -3.06. The number of nitrogens with zero attached hydrogens (tertiary/aromatic N) is 2. The molecule has 0 aliphatic carbocycles. The van der Waals surface area contributed by atoms with Crippen LogP contribution in [-0.4, -0.2) is 17.1 Å². The SMILES string of the molecule is CCOC(=O)C(C#N)=c1sc(=CNc2cccc(C(F)(F)F)c2)c(=O)n1CC. The van der Waals surface area contributed by atoms with Crippen LogP contribution < -0.4 is 20.1 Å². The van der Waals surface area contributed by atoms with Crippen LogP contribution in [0.4, 0.5) is 18.9 Å². The van der Waals surface area contributed by atoms with Gasteiger partial charge in [-0.15, -0.1) is 11.3 Å². The Kier molecular flexibility index (Phi) is 6.64. The van der Waals surface area contributed by atoms with E-state index in [9.17, 15) is 28.0 Å². The molecule has 10 heteroatoms. The minimum Gasteiger partial charge on any atom is -0.462 e. The smallest absolute Gasteiger partial charge is 0.416 e. The molecule has 2 aromatic rings. The van der Waals surface area contributed by atoms with Crippen molar-refractivity contribution in [3.05, 3.63) is 49.4 Å². The Morgan fingerprint density at radius 1 is 1.39 bits per heavy atom. The van der Waals surface area contributed by atoms with Crippen LogP contribution in [0, 0.1) is 11.3 Å². The maximum Gasteiger partial charge on any atom is 0.416 e.